The fraction of sp³-hybridized carbons (Fsp3) is 0.737. The van der Waals surface area contributed by atoms with Crippen LogP contribution in [0, 0.1) is 39.9 Å². The fourth-order valence-electron chi connectivity index (χ4n) is 5.69. The van der Waals surface area contributed by atoms with Gasteiger partial charge in [0.05, 0.1) is 36.5 Å². The average molecular weight is 1110 g/mol. The molecule has 1 aliphatic rings. The summed E-state index contributed by atoms with van der Waals surface area (Å²) in [6, 6.07) is -4.35. The van der Waals surface area contributed by atoms with E-state index in [2.05, 4.69) is 21.3 Å². The summed E-state index contributed by atoms with van der Waals surface area (Å²) in [5.41, 5.74) is 11.0. The molecule has 1 heterocycles. The fourth-order valence-corrected chi connectivity index (χ4v) is 8.04. The number of carboxylic acid groups (broad SMARTS) is 4. The first-order valence-electron chi connectivity index (χ1n) is 18.8. The topological polar surface area (TPSA) is 373 Å². The van der Waals surface area contributed by atoms with E-state index in [0.29, 0.717) is 0 Å². The van der Waals surface area contributed by atoms with Gasteiger partial charge in [-0.3, -0.25) is 53.2 Å². The zero-order valence-corrected chi connectivity index (χ0v) is 37.8. The molecular formula is C38H71GdN10O14S2. The number of carbonyl (C=O) groups is 10. The molecule has 4 unspecified atom stereocenters. The standard InChI is InChI=1S/C34H58N10O14S2.4CH4.Gd/c1-21(45)22(40-34(58)23(37-2)4-6-28(48)49)3-5-26(46)38-24(32(35)56)19-59-60-20-25(33(36)57)39-27(47)15-41-7-9-42(16-29(50)51)11-13-44(18-31(54)55)14-12-43(10-8-41)17-30(52)53;;;;;/h22-25,37H,3-20H2,1-2H3,(H2,35,56)(H2,36,57)(H,38,46)(H,39,47)(H,40,58)(H,48,49)(H,50,51)(H,52,53)(H,54,55);4*1H4;/q;;;;;+3/p-3. The number of likely N-dealkylation sites (N-methyl/N-ethyl adjacent to an activating group) is 1. The summed E-state index contributed by atoms with van der Waals surface area (Å²) in [7, 11) is 3.52. The number of nitrogens with two attached hydrogens (primary N) is 2. The number of primary amides is 2. The summed E-state index contributed by atoms with van der Waals surface area (Å²) in [6.45, 7) is 0.359. The Bertz CT molecular complexity index is 1490. The molecule has 65 heavy (non-hydrogen) atoms. The number of nitrogens with one attached hydrogen (secondary N) is 4. The first-order chi connectivity index (χ1) is 28.2. The van der Waals surface area contributed by atoms with Gasteiger partial charge in [-0.15, -0.1) is 0 Å². The second-order valence-corrected chi connectivity index (χ2v) is 16.4. The molecule has 0 aromatic rings. The Morgan fingerprint density at radius 2 is 0.892 bits per heavy atom. The molecule has 5 amide bonds. The quantitative estimate of drug-likeness (QED) is 0.0297. The third-order valence-electron chi connectivity index (χ3n) is 9.04. The maximum atomic E-state index is 13.2. The van der Waals surface area contributed by atoms with Crippen LogP contribution in [0.2, 0.25) is 0 Å². The summed E-state index contributed by atoms with van der Waals surface area (Å²) < 4.78 is 0. The van der Waals surface area contributed by atoms with Crippen molar-refractivity contribution in [3.8, 4) is 0 Å². The van der Waals surface area contributed by atoms with Crippen molar-refractivity contribution < 1.29 is 108 Å². The molecule has 27 heteroatoms. The van der Waals surface area contributed by atoms with Crippen molar-refractivity contribution in [2.45, 2.75) is 86.5 Å². The van der Waals surface area contributed by atoms with Crippen molar-refractivity contribution in [3.63, 3.8) is 0 Å². The second-order valence-electron chi connectivity index (χ2n) is 13.8. The van der Waals surface area contributed by atoms with Gasteiger partial charge in [-0.2, -0.15) is 0 Å². The number of rotatable bonds is 27. The molecule has 0 bridgehead atoms. The average Bonchev–Trinajstić information content (AvgIpc) is 3.14. The van der Waals surface area contributed by atoms with Gasteiger partial charge in [0, 0.05) is 96.3 Å². The van der Waals surface area contributed by atoms with Gasteiger partial charge in [0.15, 0.2) is 5.78 Å². The minimum Gasteiger partial charge on any atom is -0.549 e. The molecular weight excluding hydrogens is 1040 g/mol. The minimum absolute atomic E-state index is 0. The van der Waals surface area contributed by atoms with E-state index in [1.165, 1.54) is 28.7 Å². The Morgan fingerprint density at radius 3 is 1.20 bits per heavy atom. The monoisotopic (exact) mass is 1110 g/mol. The largest absolute Gasteiger partial charge is 3.00 e. The van der Waals surface area contributed by atoms with Crippen molar-refractivity contribution in [2.24, 2.45) is 11.5 Å². The molecule has 377 valence electrons. The summed E-state index contributed by atoms with van der Waals surface area (Å²) >= 11 is 0. The summed E-state index contributed by atoms with van der Waals surface area (Å²) in [5.74, 6) is -9.53. The van der Waals surface area contributed by atoms with Crippen LogP contribution in [-0.2, 0) is 47.9 Å². The van der Waals surface area contributed by atoms with Gasteiger partial charge in [0.1, 0.15) is 12.1 Å². The number of carboxylic acids is 4. The van der Waals surface area contributed by atoms with Gasteiger partial charge in [0.25, 0.3) is 0 Å². The zero-order chi connectivity index (χ0) is 45.4. The number of aliphatic carboxylic acids is 4. The van der Waals surface area contributed by atoms with Crippen LogP contribution in [-0.4, -0.2) is 205 Å². The SMILES string of the molecule is C.C.C.C.CNC(CCC(=O)O)C(=O)NC(CCC(=O)NC(CSSCC(NC(=O)CN1CCN(CC(=O)[O-])CCN(CC(=O)[O-])CCN(CC(=O)[O-])CC1)C(N)=O)C(N)=O)C(C)=O.[Gd+3]. The van der Waals surface area contributed by atoms with Crippen molar-refractivity contribution >= 4 is 80.8 Å². The number of Topliss-reactive ketones (excluding diaryl/α,β-unsaturated/α-hetero) is 1. The van der Waals surface area contributed by atoms with Crippen LogP contribution in [0.1, 0.15) is 62.3 Å². The van der Waals surface area contributed by atoms with Gasteiger partial charge in [-0.25, -0.2) is 0 Å². The van der Waals surface area contributed by atoms with Crippen molar-refractivity contribution in [3.05, 3.63) is 0 Å². The summed E-state index contributed by atoms with van der Waals surface area (Å²) in [4.78, 5) is 126. The third-order valence-corrected chi connectivity index (χ3v) is 11.5. The number of amides is 5. The number of nitrogens with zero attached hydrogens (tertiary/aromatic N) is 4. The molecule has 0 spiro atoms. The molecule has 0 saturated carbocycles. The predicted octanol–water partition coefficient (Wildman–Crippen LogP) is -6.37. The van der Waals surface area contributed by atoms with Gasteiger partial charge < -0.3 is 67.5 Å². The molecule has 9 N–H and O–H groups in total. The molecule has 0 aliphatic carbocycles. The molecule has 1 fully saturated rings. The minimum atomic E-state index is -1.38. The molecule has 0 aromatic heterocycles. The Morgan fingerprint density at radius 1 is 0.554 bits per heavy atom. The molecule has 1 saturated heterocycles. The third kappa shape index (κ3) is 32.9. The van der Waals surface area contributed by atoms with Crippen LogP contribution in [0.5, 0.6) is 0 Å². The van der Waals surface area contributed by atoms with E-state index < -0.39 is 103 Å². The molecule has 4 atom stereocenters. The Hall–Kier alpha value is -3.28. The molecule has 24 nitrogen and oxygen atoms in total. The van der Waals surface area contributed by atoms with Gasteiger partial charge in [0.2, 0.25) is 29.5 Å². The van der Waals surface area contributed by atoms with Crippen LogP contribution >= 0.6 is 21.6 Å². The molecule has 1 radical (unpaired) electrons. The maximum absolute atomic E-state index is 13.2. The van der Waals surface area contributed by atoms with Crippen LogP contribution in [0.15, 0.2) is 0 Å². The van der Waals surface area contributed by atoms with Crippen molar-refractivity contribution in [2.75, 3.05) is 97.1 Å². The van der Waals surface area contributed by atoms with Crippen molar-refractivity contribution in [1.82, 2.24) is 40.9 Å². The van der Waals surface area contributed by atoms with Gasteiger partial charge in [-0.1, -0.05) is 51.3 Å². The molecule has 1 rings (SSSR count). The summed E-state index contributed by atoms with van der Waals surface area (Å²) in [6.07, 6.45) is -0.744. The van der Waals surface area contributed by atoms with Crippen molar-refractivity contribution in [1.29, 1.82) is 0 Å². The van der Waals surface area contributed by atoms with Gasteiger partial charge in [-0.05, 0) is 26.8 Å². The van der Waals surface area contributed by atoms with Crippen LogP contribution in [0.3, 0.4) is 0 Å². The molecule has 1 aliphatic heterocycles. The number of hydrogen-bond acceptors (Lipinski definition) is 20. The number of carbonyl (C=O) groups excluding carboxylic acids is 9. The van der Waals surface area contributed by atoms with Crippen LogP contribution < -0.4 is 48.1 Å². The maximum Gasteiger partial charge on any atom is 3.00 e. The Balaban J connectivity index is -0.00000240. The normalized spacial score (nSPS) is 15.7. The van der Waals surface area contributed by atoms with Crippen LogP contribution in [0.25, 0.3) is 0 Å². The van der Waals surface area contributed by atoms with Crippen LogP contribution in [0.4, 0.5) is 0 Å². The van der Waals surface area contributed by atoms with E-state index in [4.69, 9.17) is 16.6 Å². The van der Waals surface area contributed by atoms with E-state index in [1.807, 2.05) is 0 Å². The number of ketones is 1. The van der Waals surface area contributed by atoms with E-state index in [-0.39, 0.29) is 166 Å². The Labute approximate surface area is 422 Å². The first kappa shape index (κ1) is 70.7. The molecule has 0 aromatic carbocycles. The number of hydrogen-bond donors (Lipinski definition) is 7. The van der Waals surface area contributed by atoms with E-state index in [0.717, 1.165) is 21.6 Å². The zero-order valence-electron chi connectivity index (χ0n) is 33.9. The van der Waals surface area contributed by atoms with Gasteiger partial charge >= 0.3 is 45.9 Å². The Kier molecular flexibility index (Phi) is 42.2. The second kappa shape index (κ2) is 38.8. The predicted molar refractivity (Wildman–Crippen MR) is 236 cm³/mol. The van der Waals surface area contributed by atoms with E-state index >= 15 is 0 Å². The van der Waals surface area contributed by atoms with E-state index in [9.17, 15) is 63.3 Å². The first-order valence-corrected chi connectivity index (χ1v) is 21.3. The summed E-state index contributed by atoms with van der Waals surface area (Å²) in [5, 5.41) is 53.2. The smallest absolute Gasteiger partial charge is 0.549 e. The van der Waals surface area contributed by atoms with E-state index in [1.54, 1.807) is 4.90 Å².